The molecule has 0 N–H and O–H groups in total. The Bertz CT molecular complexity index is 848. The van der Waals surface area contributed by atoms with Crippen molar-refractivity contribution in [3.8, 4) is 5.69 Å². The molecule has 3 aromatic rings. The highest BCUT2D eigenvalue weighted by Gasteiger charge is 2.27. The predicted octanol–water partition coefficient (Wildman–Crippen LogP) is 1.98. The highest BCUT2D eigenvalue weighted by Crippen LogP contribution is 2.27. The van der Waals surface area contributed by atoms with Gasteiger partial charge in [0.25, 0.3) is 5.91 Å². The van der Waals surface area contributed by atoms with Crippen molar-refractivity contribution in [2.45, 2.75) is 25.7 Å². The fraction of sp³-hybridized carbons (Fsp3) is 0.353. The second-order valence-corrected chi connectivity index (χ2v) is 6.14. The summed E-state index contributed by atoms with van der Waals surface area (Å²) in [6.45, 7) is 3.19. The molecule has 1 fully saturated rings. The molecular weight excluding hydrogens is 320 g/mol. The summed E-state index contributed by atoms with van der Waals surface area (Å²) in [4.78, 5) is 18.9. The third kappa shape index (κ3) is 3.15. The number of benzene rings is 1. The van der Waals surface area contributed by atoms with Crippen LogP contribution in [0.25, 0.3) is 5.69 Å². The number of aryl methyl sites for hydroxylation is 1. The third-order valence-electron chi connectivity index (χ3n) is 4.48. The molecule has 0 spiro atoms. The second kappa shape index (κ2) is 6.46. The van der Waals surface area contributed by atoms with Gasteiger partial charge in [-0.3, -0.25) is 4.79 Å². The van der Waals surface area contributed by atoms with Gasteiger partial charge in [0, 0.05) is 24.6 Å². The zero-order valence-electron chi connectivity index (χ0n) is 13.9. The minimum atomic E-state index is 0.0466. The number of hydrogen-bond acceptors (Lipinski definition) is 6. The van der Waals surface area contributed by atoms with Crippen LogP contribution in [0, 0.1) is 6.92 Å². The monoisotopic (exact) mass is 338 g/mol. The first kappa shape index (κ1) is 15.5. The van der Waals surface area contributed by atoms with Crippen LogP contribution in [0.1, 0.15) is 40.8 Å². The van der Waals surface area contributed by atoms with Gasteiger partial charge in [-0.15, -0.1) is 5.10 Å². The van der Waals surface area contributed by atoms with E-state index in [-0.39, 0.29) is 11.8 Å². The van der Waals surface area contributed by atoms with Crippen molar-refractivity contribution in [1.29, 1.82) is 0 Å². The van der Waals surface area contributed by atoms with Crippen LogP contribution in [0.15, 0.2) is 41.2 Å². The van der Waals surface area contributed by atoms with Crippen molar-refractivity contribution >= 4 is 5.91 Å². The van der Waals surface area contributed by atoms with E-state index < -0.39 is 0 Å². The molecule has 0 saturated carbocycles. The van der Waals surface area contributed by atoms with Gasteiger partial charge in [0.2, 0.25) is 5.89 Å². The number of amides is 1. The highest BCUT2D eigenvalue weighted by molar-refractivity contribution is 5.94. The summed E-state index contributed by atoms with van der Waals surface area (Å²) in [6, 6.07) is 7.39. The summed E-state index contributed by atoms with van der Waals surface area (Å²) in [5.41, 5.74) is 1.55. The molecule has 0 atom stereocenters. The van der Waals surface area contributed by atoms with Gasteiger partial charge in [0.05, 0.1) is 18.1 Å². The molecule has 8 nitrogen and oxygen atoms in total. The first-order valence-electron chi connectivity index (χ1n) is 8.27. The summed E-state index contributed by atoms with van der Waals surface area (Å²) in [5.74, 6) is 1.62. The minimum Gasteiger partial charge on any atom is -0.339 e. The maximum Gasteiger partial charge on any atom is 0.253 e. The van der Waals surface area contributed by atoms with Gasteiger partial charge in [-0.1, -0.05) is 10.4 Å². The average molecular weight is 338 g/mol. The van der Waals surface area contributed by atoms with E-state index in [4.69, 9.17) is 4.52 Å². The van der Waals surface area contributed by atoms with E-state index in [2.05, 4.69) is 20.5 Å². The Labute approximate surface area is 144 Å². The molecule has 1 aliphatic rings. The van der Waals surface area contributed by atoms with Crippen molar-refractivity contribution in [3.63, 3.8) is 0 Å². The molecule has 8 heteroatoms. The lowest BCUT2D eigenvalue weighted by Crippen LogP contribution is -2.38. The van der Waals surface area contributed by atoms with Crippen LogP contribution in [0.4, 0.5) is 0 Å². The maximum absolute atomic E-state index is 12.7. The summed E-state index contributed by atoms with van der Waals surface area (Å²) < 4.78 is 6.91. The number of rotatable bonds is 3. The van der Waals surface area contributed by atoms with Gasteiger partial charge in [-0.05, 0) is 44.0 Å². The standard InChI is InChI=1S/C17H18N6O2/c1-12-19-16(25-20-12)13-6-9-22(10-7-13)17(24)14-2-4-15(5-3-14)23-11-8-18-21-23/h2-5,8,11,13H,6-7,9-10H2,1H3. The Morgan fingerprint density at radius 3 is 2.56 bits per heavy atom. The maximum atomic E-state index is 12.7. The number of likely N-dealkylation sites (tertiary alicyclic amines) is 1. The average Bonchev–Trinajstić information content (AvgIpc) is 3.33. The molecular formula is C17H18N6O2. The van der Waals surface area contributed by atoms with E-state index in [1.807, 2.05) is 36.1 Å². The minimum absolute atomic E-state index is 0.0466. The van der Waals surface area contributed by atoms with Crippen molar-refractivity contribution in [2.24, 2.45) is 0 Å². The molecule has 1 aromatic carbocycles. The Balaban J connectivity index is 1.40. The van der Waals surface area contributed by atoms with Crippen LogP contribution in [0.2, 0.25) is 0 Å². The Hall–Kier alpha value is -3.03. The van der Waals surface area contributed by atoms with E-state index in [0.717, 1.165) is 18.5 Å². The van der Waals surface area contributed by atoms with Crippen molar-refractivity contribution in [2.75, 3.05) is 13.1 Å². The summed E-state index contributed by atoms with van der Waals surface area (Å²) in [6.07, 6.45) is 5.06. The Kier molecular flexibility index (Phi) is 4.01. The lowest BCUT2D eigenvalue weighted by Gasteiger charge is -2.30. The van der Waals surface area contributed by atoms with Gasteiger partial charge >= 0.3 is 0 Å². The molecule has 2 aromatic heterocycles. The van der Waals surface area contributed by atoms with E-state index >= 15 is 0 Å². The quantitative estimate of drug-likeness (QED) is 0.725. The molecule has 128 valence electrons. The van der Waals surface area contributed by atoms with E-state index in [0.29, 0.717) is 30.4 Å². The number of carbonyl (C=O) groups excluding carboxylic acids is 1. The third-order valence-corrected chi connectivity index (χ3v) is 4.48. The summed E-state index contributed by atoms with van der Waals surface area (Å²) in [5, 5.41) is 11.6. The molecule has 25 heavy (non-hydrogen) atoms. The van der Waals surface area contributed by atoms with Gasteiger partial charge in [0.15, 0.2) is 5.82 Å². The van der Waals surface area contributed by atoms with Crippen LogP contribution < -0.4 is 0 Å². The second-order valence-electron chi connectivity index (χ2n) is 6.14. The number of aromatic nitrogens is 5. The lowest BCUT2D eigenvalue weighted by atomic mass is 9.96. The van der Waals surface area contributed by atoms with Gasteiger partial charge in [-0.2, -0.15) is 4.98 Å². The summed E-state index contributed by atoms with van der Waals surface area (Å²) >= 11 is 0. The number of nitrogens with zero attached hydrogens (tertiary/aromatic N) is 6. The lowest BCUT2D eigenvalue weighted by molar-refractivity contribution is 0.0704. The smallest absolute Gasteiger partial charge is 0.253 e. The fourth-order valence-electron chi connectivity index (χ4n) is 3.09. The van der Waals surface area contributed by atoms with Gasteiger partial charge < -0.3 is 9.42 Å². The van der Waals surface area contributed by atoms with Crippen molar-refractivity contribution in [1.82, 2.24) is 30.0 Å². The molecule has 4 rings (SSSR count). The van der Waals surface area contributed by atoms with E-state index in [1.54, 1.807) is 17.1 Å². The number of carbonyl (C=O) groups is 1. The first-order chi connectivity index (χ1) is 12.2. The van der Waals surface area contributed by atoms with Crippen LogP contribution in [-0.2, 0) is 0 Å². The molecule has 1 saturated heterocycles. The number of piperidine rings is 1. The molecule has 0 bridgehead atoms. The SMILES string of the molecule is Cc1noc(C2CCN(C(=O)c3ccc(-n4ccnn4)cc3)CC2)n1. The van der Waals surface area contributed by atoms with Crippen molar-refractivity contribution < 1.29 is 9.32 Å². The Morgan fingerprint density at radius 2 is 1.96 bits per heavy atom. The fourth-order valence-corrected chi connectivity index (χ4v) is 3.09. The van der Waals surface area contributed by atoms with E-state index in [9.17, 15) is 4.79 Å². The highest BCUT2D eigenvalue weighted by atomic mass is 16.5. The van der Waals surface area contributed by atoms with Crippen molar-refractivity contribution in [3.05, 3.63) is 53.9 Å². The van der Waals surface area contributed by atoms with Crippen LogP contribution in [0.5, 0.6) is 0 Å². The predicted molar refractivity (Wildman–Crippen MR) is 88.3 cm³/mol. The molecule has 0 aliphatic carbocycles. The molecule has 3 heterocycles. The molecule has 1 aliphatic heterocycles. The summed E-state index contributed by atoms with van der Waals surface area (Å²) in [7, 11) is 0. The topological polar surface area (TPSA) is 89.9 Å². The van der Waals surface area contributed by atoms with Gasteiger partial charge in [0.1, 0.15) is 0 Å². The molecule has 1 amide bonds. The zero-order chi connectivity index (χ0) is 17.2. The Morgan fingerprint density at radius 1 is 1.20 bits per heavy atom. The number of hydrogen-bond donors (Lipinski definition) is 0. The first-order valence-corrected chi connectivity index (χ1v) is 8.27. The van der Waals surface area contributed by atoms with Gasteiger partial charge in [-0.25, -0.2) is 4.68 Å². The normalized spacial score (nSPS) is 15.5. The molecule has 0 radical (unpaired) electrons. The van der Waals surface area contributed by atoms with E-state index in [1.165, 1.54) is 0 Å². The van der Waals surface area contributed by atoms with Crippen LogP contribution in [0.3, 0.4) is 0 Å². The zero-order valence-corrected chi connectivity index (χ0v) is 13.9. The molecule has 0 unspecified atom stereocenters. The van der Waals surface area contributed by atoms with Crippen LogP contribution >= 0.6 is 0 Å². The van der Waals surface area contributed by atoms with Crippen LogP contribution in [-0.4, -0.2) is 49.0 Å². The largest absolute Gasteiger partial charge is 0.339 e.